The zero-order valence-corrected chi connectivity index (χ0v) is 16.2. The molecule has 10 heteroatoms. The Labute approximate surface area is 170 Å². The molecule has 0 radical (unpaired) electrons. The summed E-state index contributed by atoms with van der Waals surface area (Å²) in [6.45, 7) is 2.67. The summed E-state index contributed by atoms with van der Waals surface area (Å²) in [5, 5.41) is 16.4. The molecular formula is C20H21F3N4O3. The van der Waals surface area contributed by atoms with Gasteiger partial charge in [-0.05, 0) is 36.8 Å². The molecule has 0 fully saturated rings. The van der Waals surface area contributed by atoms with E-state index in [1.807, 2.05) is 0 Å². The van der Waals surface area contributed by atoms with Gasteiger partial charge in [-0.2, -0.15) is 18.3 Å². The fraction of sp³-hybridized carbons (Fsp3) is 0.350. The number of hydrogen-bond donors (Lipinski definition) is 2. The Morgan fingerprint density at radius 3 is 2.60 bits per heavy atom. The highest BCUT2D eigenvalue weighted by atomic mass is 19.4. The Bertz CT molecular complexity index is 949. The molecule has 1 aliphatic heterocycles. The minimum Gasteiger partial charge on any atom is -0.387 e. The molecule has 0 saturated heterocycles. The van der Waals surface area contributed by atoms with Gasteiger partial charge < -0.3 is 15.3 Å². The Morgan fingerprint density at radius 1 is 1.27 bits per heavy atom. The van der Waals surface area contributed by atoms with Gasteiger partial charge >= 0.3 is 6.18 Å². The number of aromatic nitrogens is 2. The van der Waals surface area contributed by atoms with Gasteiger partial charge in [0.1, 0.15) is 0 Å². The van der Waals surface area contributed by atoms with E-state index in [-0.39, 0.29) is 12.5 Å². The van der Waals surface area contributed by atoms with Gasteiger partial charge in [0.25, 0.3) is 0 Å². The van der Waals surface area contributed by atoms with Crippen LogP contribution in [0.4, 0.5) is 13.2 Å². The van der Waals surface area contributed by atoms with E-state index in [4.69, 9.17) is 0 Å². The number of aliphatic hydroxyl groups excluding tert-OH is 1. The van der Waals surface area contributed by atoms with Gasteiger partial charge in [0, 0.05) is 12.6 Å². The highest BCUT2D eigenvalue weighted by molar-refractivity contribution is 5.94. The van der Waals surface area contributed by atoms with Crippen molar-refractivity contribution in [2.24, 2.45) is 0 Å². The molecule has 3 rings (SSSR count). The third-order valence-corrected chi connectivity index (χ3v) is 4.68. The predicted octanol–water partition coefficient (Wildman–Crippen LogP) is 2.13. The quantitative estimate of drug-likeness (QED) is 0.723. The number of hydrogen-bond acceptors (Lipinski definition) is 4. The number of aliphatic hydroxyl groups is 1. The lowest BCUT2D eigenvalue weighted by molar-refractivity contribution is -0.137. The third kappa shape index (κ3) is 5.26. The molecule has 1 atom stereocenters. The number of fused-ring (bicyclic) bond motifs is 1. The highest BCUT2D eigenvalue weighted by Gasteiger charge is 2.29. The largest absolute Gasteiger partial charge is 0.416 e. The van der Waals surface area contributed by atoms with Crippen LogP contribution in [0.15, 0.2) is 36.4 Å². The number of carbonyl (C=O) groups excluding carboxylic acids is 2. The first kappa shape index (κ1) is 21.6. The summed E-state index contributed by atoms with van der Waals surface area (Å²) in [4.78, 5) is 25.9. The van der Waals surface area contributed by atoms with Gasteiger partial charge in [-0.15, -0.1) is 0 Å². The van der Waals surface area contributed by atoms with Crippen LogP contribution in [-0.4, -0.2) is 44.7 Å². The number of amides is 2. The van der Waals surface area contributed by atoms with Crippen molar-refractivity contribution in [1.82, 2.24) is 20.0 Å². The predicted molar refractivity (Wildman–Crippen MR) is 102 cm³/mol. The van der Waals surface area contributed by atoms with Gasteiger partial charge in [0.15, 0.2) is 0 Å². The Balaban J connectivity index is 1.49. The molecule has 1 aromatic carbocycles. The van der Waals surface area contributed by atoms with Crippen LogP contribution >= 0.6 is 0 Å². The molecule has 0 saturated carbocycles. The lowest BCUT2D eigenvalue weighted by Gasteiger charge is -2.27. The fourth-order valence-electron chi connectivity index (χ4n) is 2.99. The van der Waals surface area contributed by atoms with Crippen molar-refractivity contribution >= 4 is 17.9 Å². The summed E-state index contributed by atoms with van der Waals surface area (Å²) in [6, 6.07) is 6.14. The van der Waals surface area contributed by atoms with Gasteiger partial charge in [-0.3, -0.25) is 14.3 Å². The van der Waals surface area contributed by atoms with Gasteiger partial charge in [0.2, 0.25) is 11.8 Å². The van der Waals surface area contributed by atoms with E-state index >= 15 is 0 Å². The maximum absolute atomic E-state index is 12.5. The van der Waals surface area contributed by atoms with E-state index < -0.39 is 23.8 Å². The monoisotopic (exact) mass is 422 g/mol. The summed E-state index contributed by atoms with van der Waals surface area (Å²) in [5.41, 5.74) is 1.01. The summed E-state index contributed by atoms with van der Waals surface area (Å²) in [6.07, 6.45) is -2.57. The lowest BCUT2D eigenvalue weighted by atomic mass is 10.1. The first-order valence-electron chi connectivity index (χ1n) is 9.29. The number of rotatable bonds is 5. The van der Waals surface area contributed by atoms with E-state index in [2.05, 4.69) is 10.4 Å². The van der Waals surface area contributed by atoms with Crippen molar-refractivity contribution in [3.05, 3.63) is 58.9 Å². The molecule has 0 aliphatic carbocycles. The summed E-state index contributed by atoms with van der Waals surface area (Å²) in [5.74, 6) is -0.793. The second kappa shape index (κ2) is 8.70. The van der Waals surface area contributed by atoms with E-state index in [1.165, 1.54) is 18.2 Å². The Kier molecular flexibility index (Phi) is 6.25. The third-order valence-electron chi connectivity index (χ3n) is 4.68. The lowest BCUT2D eigenvalue weighted by Crippen LogP contribution is -2.43. The van der Waals surface area contributed by atoms with Crippen LogP contribution in [0, 0.1) is 0 Å². The van der Waals surface area contributed by atoms with Crippen LogP contribution < -0.4 is 5.32 Å². The van der Waals surface area contributed by atoms with Gasteiger partial charge in [-0.25, -0.2) is 0 Å². The average Bonchev–Trinajstić information content (AvgIpc) is 3.14. The minimum atomic E-state index is -4.41. The van der Waals surface area contributed by atoms with Gasteiger partial charge in [-0.1, -0.05) is 12.1 Å². The maximum atomic E-state index is 12.5. The van der Waals surface area contributed by atoms with Crippen LogP contribution in [0.5, 0.6) is 0 Å². The van der Waals surface area contributed by atoms with Crippen molar-refractivity contribution in [3.8, 4) is 0 Å². The SMILES string of the molecule is CC(O)c1cc2n(n1)CCN(C(=O)CNC(=O)/C=C/c1ccc(C(F)(F)F)cc1)C2. The smallest absolute Gasteiger partial charge is 0.387 e. The molecule has 2 aromatic rings. The molecule has 2 amide bonds. The van der Waals surface area contributed by atoms with E-state index in [9.17, 15) is 27.9 Å². The maximum Gasteiger partial charge on any atom is 0.416 e. The highest BCUT2D eigenvalue weighted by Crippen LogP contribution is 2.29. The number of carbonyl (C=O) groups is 2. The molecule has 30 heavy (non-hydrogen) atoms. The molecule has 1 unspecified atom stereocenters. The molecule has 0 spiro atoms. The first-order valence-corrected chi connectivity index (χ1v) is 9.29. The standard InChI is InChI=1S/C20H21F3N4O3/c1-13(28)17-10-16-12-26(8-9-27(16)25-17)19(30)11-24-18(29)7-4-14-2-5-15(6-3-14)20(21,22)23/h2-7,10,13,28H,8-9,11-12H2,1H3,(H,24,29)/b7-4+. The minimum absolute atomic E-state index is 0.201. The molecule has 7 nitrogen and oxygen atoms in total. The number of benzene rings is 1. The molecular weight excluding hydrogens is 401 g/mol. The van der Waals surface area contributed by atoms with E-state index in [0.29, 0.717) is 30.9 Å². The van der Waals surface area contributed by atoms with E-state index in [1.54, 1.807) is 22.6 Å². The molecule has 1 aromatic heterocycles. The molecule has 160 valence electrons. The summed E-state index contributed by atoms with van der Waals surface area (Å²) < 4.78 is 39.4. The van der Waals surface area contributed by atoms with Crippen LogP contribution in [0.25, 0.3) is 6.08 Å². The Hall–Kier alpha value is -3.14. The number of nitrogens with one attached hydrogen (secondary N) is 1. The van der Waals surface area contributed by atoms with Crippen molar-refractivity contribution in [2.75, 3.05) is 13.1 Å². The second-order valence-corrected chi connectivity index (χ2v) is 6.95. The zero-order chi connectivity index (χ0) is 21.9. The van der Waals surface area contributed by atoms with Crippen molar-refractivity contribution in [3.63, 3.8) is 0 Å². The molecule has 0 bridgehead atoms. The van der Waals surface area contributed by atoms with Crippen LogP contribution in [0.3, 0.4) is 0 Å². The summed E-state index contributed by atoms with van der Waals surface area (Å²) >= 11 is 0. The van der Waals surface area contributed by atoms with Crippen LogP contribution in [-0.2, 0) is 28.9 Å². The number of nitrogens with zero attached hydrogens (tertiary/aromatic N) is 3. The topological polar surface area (TPSA) is 87.5 Å². The first-order chi connectivity index (χ1) is 14.1. The van der Waals surface area contributed by atoms with Gasteiger partial charge in [0.05, 0.1) is 42.7 Å². The van der Waals surface area contributed by atoms with Crippen molar-refractivity contribution < 1.29 is 27.9 Å². The number of halogens is 3. The molecule has 2 N–H and O–H groups in total. The van der Waals surface area contributed by atoms with Crippen molar-refractivity contribution in [1.29, 1.82) is 0 Å². The Morgan fingerprint density at radius 2 is 1.97 bits per heavy atom. The van der Waals surface area contributed by atoms with Crippen LogP contribution in [0.1, 0.15) is 35.5 Å². The molecule has 2 heterocycles. The normalized spacial score (nSPS) is 15.2. The van der Waals surface area contributed by atoms with E-state index in [0.717, 1.165) is 23.9 Å². The average molecular weight is 422 g/mol. The second-order valence-electron chi connectivity index (χ2n) is 6.95. The van der Waals surface area contributed by atoms with Crippen molar-refractivity contribution in [2.45, 2.75) is 32.3 Å². The van der Waals surface area contributed by atoms with Crippen LogP contribution in [0.2, 0.25) is 0 Å². The fourth-order valence-corrected chi connectivity index (χ4v) is 2.99. The number of alkyl halides is 3. The molecule has 1 aliphatic rings. The summed E-state index contributed by atoms with van der Waals surface area (Å²) in [7, 11) is 0. The zero-order valence-electron chi connectivity index (χ0n) is 16.2.